The summed E-state index contributed by atoms with van der Waals surface area (Å²) < 4.78 is 27.0. The lowest BCUT2D eigenvalue weighted by Gasteiger charge is -2.24. The van der Waals surface area contributed by atoms with Crippen molar-refractivity contribution in [3.8, 4) is 0 Å². The predicted octanol–water partition coefficient (Wildman–Crippen LogP) is 0.903. The molecule has 2 aliphatic heterocycles. The number of carbonyl (C=O) groups is 1. The number of rotatable bonds is 6. The number of nitrogens with one attached hydrogen (secondary N) is 1. The SMILES string of the molecule is CC(C)NS(=O)(=O)c1ccc(N2CCCN(CC(=O)N3CCCC3)CC2)nc1. The Kier molecular flexibility index (Phi) is 6.90. The summed E-state index contributed by atoms with van der Waals surface area (Å²) in [7, 11) is -3.53. The molecule has 1 amide bonds. The highest BCUT2D eigenvalue weighted by molar-refractivity contribution is 7.89. The van der Waals surface area contributed by atoms with Crippen molar-refractivity contribution in [1.29, 1.82) is 0 Å². The van der Waals surface area contributed by atoms with E-state index in [1.54, 1.807) is 26.0 Å². The van der Waals surface area contributed by atoms with Crippen molar-refractivity contribution in [3.63, 3.8) is 0 Å². The van der Waals surface area contributed by atoms with Crippen LogP contribution in [0.4, 0.5) is 5.82 Å². The molecule has 2 saturated heterocycles. The van der Waals surface area contributed by atoms with Crippen LogP contribution in [0.5, 0.6) is 0 Å². The van der Waals surface area contributed by atoms with Crippen LogP contribution >= 0.6 is 0 Å². The number of carbonyl (C=O) groups excluding carboxylic acids is 1. The summed E-state index contributed by atoms with van der Waals surface area (Å²) >= 11 is 0. The Balaban J connectivity index is 1.57. The predicted molar refractivity (Wildman–Crippen MR) is 109 cm³/mol. The maximum Gasteiger partial charge on any atom is 0.242 e. The number of nitrogens with zero attached hydrogens (tertiary/aromatic N) is 4. The van der Waals surface area contributed by atoms with Crippen LogP contribution in [0.3, 0.4) is 0 Å². The Morgan fingerprint density at radius 2 is 1.82 bits per heavy atom. The van der Waals surface area contributed by atoms with E-state index < -0.39 is 10.0 Å². The molecule has 3 heterocycles. The van der Waals surface area contributed by atoms with Gasteiger partial charge in [0.25, 0.3) is 0 Å². The second-order valence-electron chi connectivity index (χ2n) is 7.83. The summed E-state index contributed by atoms with van der Waals surface area (Å²) in [5.41, 5.74) is 0. The van der Waals surface area contributed by atoms with E-state index in [-0.39, 0.29) is 16.8 Å². The number of likely N-dealkylation sites (tertiary alicyclic amines) is 1. The van der Waals surface area contributed by atoms with Gasteiger partial charge in [-0.15, -0.1) is 0 Å². The summed E-state index contributed by atoms with van der Waals surface area (Å²) in [5, 5.41) is 0. The van der Waals surface area contributed by atoms with Gasteiger partial charge in [-0.3, -0.25) is 9.69 Å². The molecule has 0 radical (unpaired) electrons. The molecule has 1 aromatic heterocycles. The lowest BCUT2D eigenvalue weighted by atomic mass is 10.3. The van der Waals surface area contributed by atoms with Crippen LogP contribution in [-0.4, -0.2) is 81.0 Å². The van der Waals surface area contributed by atoms with Crippen molar-refractivity contribution in [2.24, 2.45) is 0 Å². The topological polar surface area (TPSA) is 85.8 Å². The minimum atomic E-state index is -3.53. The number of amides is 1. The van der Waals surface area contributed by atoms with Crippen LogP contribution in [0.2, 0.25) is 0 Å². The van der Waals surface area contributed by atoms with E-state index in [2.05, 4.69) is 19.5 Å². The van der Waals surface area contributed by atoms with Crippen molar-refractivity contribution in [2.75, 3.05) is 50.7 Å². The third-order valence-electron chi connectivity index (χ3n) is 5.15. The van der Waals surface area contributed by atoms with Crippen molar-refractivity contribution in [3.05, 3.63) is 18.3 Å². The summed E-state index contributed by atoms with van der Waals surface area (Å²) in [4.78, 5) is 23.3. The molecule has 0 saturated carbocycles. The van der Waals surface area contributed by atoms with E-state index in [9.17, 15) is 13.2 Å². The summed E-state index contributed by atoms with van der Waals surface area (Å²) in [6.45, 7) is 9.16. The van der Waals surface area contributed by atoms with Crippen molar-refractivity contribution >= 4 is 21.7 Å². The lowest BCUT2D eigenvalue weighted by Crippen LogP contribution is -2.40. The molecule has 3 rings (SSSR count). The molecular weight excluding hydrogens is 378 g/mol. The number of anilines is 1. The number of pyridine rings is 1. The first-order valence-electron chi connectivity index (χ1n) is 10.1. The first kappa shape index (κ1) is 21.0. The quantitative estimate of drug-likeness (QED) is 0.751. The van der Waals surface area contributed by atoms with Gasteiger partial charge >= 0.3 is 0 Å². The molecule has 1 N–H and O–H groups in total. The second-order valence-corrected chi connectivity index (χ2v) is 9.55. The standard InChI is InChI=1S/C19H31N5O3S/c1-16(2)21-28(26,27)17-6-7-18(20-14-17)23-11-5-8-22(12-13-23)15-19(25)24-9-3-4-10-24/h6-7,14,16,21H,3-5,8-13,15H2,1-2H3. The Bertz CT molecular complexity index is 760. The van der Waals surface area contributed by atoms with Gasteiger partial charge in [0.05, 0.1) is 6.54 Å². The molecule has 2 fully saturated rings. The van der Waals surface area contributed by atoms with Crippen LogP contribution in [0, 0.1) is 0 Å². The second kappa shape index (κ2) is 9.19. The van der Waals surface area contributed by atoms with Crippen molar-refractivity contribution in [2.45, 2.75) is 44.0 Å². The Morgan fingerprint density at radius 3 is 2.46 bits per heavy atom. The lowest BCUT2D eigenvalue weighted by molar-refractivity contribution is -0.131. The van der Waals surface area contributed by atoms with Crippen molar-refractivity contribution < 1.29 is 13.2 Å². The van der Waals surface area contributed by atoms with E-state index in [0.717, 1.165) is 64.3 Å². The molecule has 9 heteroatoms. The molecule has 156 valence electrons. The van der Waals surface area contributed by atoms with Crippen molar-refractivity contribution in [1.82, 2.24) is 19.5 Å². The van der Waals surface area contributed by atoms with Gasteiger partial charge in [-0.05, 0) is 45.2 Å². The Labute approximate surface area is 168 Å². The molecule has 0 bridgehead atoms. The largest absolute Gasteiger partial charge is 0.355 e. The fourth-order valence-electron chi connectivity index (χ4n) is 3.71. The van der Waals surface area contributed by atoms with Crippen LogP contribution in [-0.2, 0) is 14.8 Å². The zero-order valence-electron chi connectivity index (χ0n) is 16.8. The highest BCUT2D eigenvalue weighted by Crippen LogP contribution is 2.17. The molecule has 8 nitrogen and oxygen atoms in total. The Morgan fingerprint density at radius 1 is 1.07 bits per heavy atom. The molecule has 2 aliphatic rings. The highest BCUT2D eigenvalue weighted by atomic mass is 32.2. The molecular formula is C19H31N5O3S. The van der Waals surface area contributed by atoms with E-state index in [1.165, 1.54) is 6.20 Å². The van der Waals surface area contributed by atoms with Crippen LogP contribution in [0.25, 0.3) is 0 Å². The maximum absolute atomic E-state index is 12.4. The van der Waals surface area contributed by atoms with Gasteiger partial charge in [0, 0.05) is 51.5 Å². The van der Waals surface area contributed by atoms with Gasteiger partial charge in [0.2, 0.25) is 15.9 Å². The fraction of sp³-hybridized carbons (Fsp3) is 0.684. The van der Waals surface area contributed by atoms with Crippen LogP contribution < -0.4 is 9.62 Å². The molecule has 0 unspecified atom stereocenters. The third kappa shape index (κ3) is 5.42. The number of hydrogen-bond donors (Lipinski definition) is 1. The van der Waals surface area contributed by atoms with E-state index in [4.69, 9.17) is 0 Å². The minimum absolute atomic E-state index is 0.162. The van der Waals surface area contributed by atoms with Gasteiger partial charge in [-0.1, -0.05) is 0 Å². The molecule has 1 aromatic rings. The zero-order valence-corrected chi connectivity index (χ0v) is 17.6. The van der Waals surface area contributed by atoms with E-state index in [1.807, 2.05) is 4.90 Å². The molecule has 0 spiro atoms. The Hall–Kier alpha value is -1.71. The van der Waals surface area contributed by atoms with E-state index >= 15 is 0 Å². The van der Waals surface area contributed by atoms with Crippen LogP contribution in [0.15, 0.2) is 23.2 Å². The smallest absolute Gasteiger partial charge is 0.242 e. The fourth-order valence-corrected chi connectivity index (χ4v) is 4.91. The maximum atomic E-state index is 12.4. The van der Waals surface area contributed by atoms with Gasteiger partial charge in [0.15, 0.2) is 0 Å². The molecule has 0 aromatic carbocycles. The average Bonchev–Trinajstić information content (AvgIpc) is 3.09. The first-order chi connectivity index (χ1) is 13.3. The zero-order chi connectivity index (χ0) is 20.1. The van der Waals surface area contributed by atoms with Gasteiger partial charge in [-0.2, -0.15) is 0 Å². The first-order valence-corrected chi connectivity index (χ1v) is 11.6. The monoisotopic (exact) mass is 409 g/mol. The number of sulfonamides is 1. The summed E-state index contributed by atoms with van der Waals surface area (Å²) in [6, 6.07) is 3.21. The molecule has 0 atom stereocenters. The van der Waals surface area contributed by atoms with Gasteiger partial charge < -0.3 is 9.80 Å². The minimum Gasteiger partial charge on any atom is -0.355 e. The number of hydrogen-bond acceptors (Lipinski definition) is 6. The molecule has 28 heavy (non-hydrogen) atoms. The number of aromatic nitrogens is 1. The molecule has 0 aliphatic carbocycles. The summed E-state index contributed by atoms with van der Waals surface area (Å²) in [6.07, 6.45) is 4.59. The average molecular weight is 410 g/mol. The summed E-state index contributed by atoms with van der Waals surface area (Å²) in [5.74, 6) is 1.01. The van der Waals surface area contributed by atoms with Gasteiger partial charge in [0.1, 0.15) is 10.7 Å². The van der Waals surface area contributed by atoms with E-state index in [0.29, 0.717) is 6.54 Å². The van der Waals surface area contributed by atoms with Gasteiger partial charge in [-0.25, -0.2) is 18.1 Å². The third-order valence-corrected chi connectivity index (χ3v) is 6.80. The van der Waals surface area contributed by atoms with Crippen LogP contribution in [0.1, 0.15) is 33.1 Å². The normalized spacial score (nSPS) is 19.2. The highest BCUT2D eigenvalue weighted by Gasteiger charge is 2.23.